The minimum atomic E-state index is 0.401. The first-order valence-electron chi connectivity index (χ1n) is 5.64. The van der Waals surface area contributed by atoms with E-state index in [0.717, 1.165) is 17.3 Å². The van der Waals surface area contributed by atoms with Crippen LogP contribution in [0.5, 0.6) is 11.6 Å². The zero-order valence-corrected chi connectivity index (χ0v) is 12.2. The van der Waals surface area contributed by atoms with E-state index in [1.807, 2.05) is 24.3 Å². The van der Waals surface area contributed by atoms with Crippen LogP contribution in [0.1, 0.15) is 19.2 Å². The summed E-state index contributed by atoms with van der Waals surface area (Å²) in [5.41, 5.74) is 0. The highest BCUT2D eigenvalue weighted by Gasteiger charge is 2.05. The van der Waals surface area contributed by atoms with Crippen molar-refractivity contribution in [3.8, 4) is 11.6 Å². The molecule has 0 saturated carbocycles. The fourth-order valence-electron chi connectivity index (χ4n) is 1.48. The van der Waals surface area contributed by atoms with Gasteiger partial charge in [-0.3, -0.25) is 0 Å². The number of hydrogen-bond acceptors (Lipinski definition) is 3. The number of ether oxygens (including phenoxy) is 1. The molecule has 1 aromatic heterocycles. The molecule has 0 aliphatic heterocycles. The maximum Gasteiger partial charge on any atom is 0.224 e. The Morgan fingerprint density at radius 2 is 2.11 bits per heavy atom. The van der Waals surface area contributed by atoms with Crippen molar-refractivity contribution in [2.24, 2.45) is 0 Å². The minimum absolute atomic E-state index is 0.401. The molecule has 2 rings (SSSR count). The van der Waals surface area contributed by atoms with Gasteiger partial charge in [-0.15, -0.1) is 0 Å². The van der Waals surface area contributed by atoms with Gasteiger partial charge >= 0.3 is 0 Å². The van der Waals surface area contributed by atoms with Crippen LogP contribution >= 0.6 is 27.5 Å². The number of aryl methyl sites for hydroxylation is 1. The van der Waals surface area contributed by atoms with Gasteiger partial charge in [-0.05, 0) is 24.6 Å². The average Bonchev–Trinajstić information content (AvgIpc) is 2.28. The third kappa shape index (κ3) is 3.68. The first-order valence-corrected chi connectivity index (χ1v) is 6.81. The van der Waals surface area contributed by atoms with E-state index in [1.54, 1.807) is 6.07 Å². The second-order valence-electron chi connectivity index (χ2n) is 3.75. The lowest BCUT2D eigenvalue weighted by molar-refractivity contribution is 0.458. The van der Waals surface area contributed by atoms with Gasteiger partial charge < -0.3 is 4.74 Å². The lowest BCUT2D eigenvalue weighted by Crippen LogP contribution is -1.97. The molecule has 0 atom stereocenters. The van der Waals surface area contributed by atoms with Crippen LogP contribution in [0.3, 0.4) is 0 Å². The van der Waals surface area contributed by atoms with Crippen LogP contribution in [0.25, 0.3) is 0 Å². The Balaban J connectivity index is 2.23. The van der Waals surface area contributed by atoms with Gasteiger partial charge in [-0.2, -0.15) is 4.98 Å². The van der Waals surface area contributed by atoms with Gasteiger partial charge in [-0.25, -0.2) is 4.98 Å². The topological polar surface area (TPSA) is 35.0 Å². The Hall–Kier alpha value is -1.13. The molecular formula is C13H12BrClN2O. The molecule has 94 valence electrons. The molecule has 0 fully saturated rings. The molecule has 0 N–H and O–H groups in total. The maximum absolute atomic E-state index is 5.94. The summed E-state index contributed by atoms with van der Waals surface area (Å²) in [6.45, 7) is 2.07. The summed E-state index contributed by atoms with van der Waals surface area (Å²) < 4.78 is 6.61. The monoisotopic (exact) mass is 326 g/mol. The standard InChI is InChI=1S/C13H12BrClN2O/c1-2-4-12-16-11(15)8-13(17-12)18-10-6-3-5-9(14)7-10/h3,5-8H,2,4H2,1H3. The Morgan fingerprint density at radius 3 is 2.83 bits per heavy atom. The largest absolute Gasteiger partial charge is 0.439 e. The van der Waals surface area contributed by atoms with Gasteiger partial charge in [0.15, 0.2) is 0 Å². The van der Waals surface area contributed by atoms with Crippen LogP contribution in [-0.2, 0) is 6.42 Å². The first kappa shape index (κ1) is 13.3. The van der Waals surface area contributed by atoms with Crippen molar-refractivity contribution >= 4 is 27.5 Å². The van der Waals surface area contributed by atoms with Crippen molar-refractivity contribution in [1.29, 1.82) is 0 Å². The number of benzene rings is 1. The van der Waals surface area contributed by atoms with E-state index in [9.17, 15) is 0 Å². The Morgan fingerprint density at radius 1 is 1.28 bits per heavy atom. The van der Waals surface area contributed by atoms with Gasteiger partial charge in [-0.1, -0.05) is 40.5 Å². The highest BCUT2D eigenvalue weighted by atomic mass is 79.9. The van der Waals surface area contributed by atoms with Crippen molar-refractivity contribution in [2.45, 2.75) is 19.8 Å². The van der Waals surface area contributed by atoms with Crippen LogP contribution in [-0.4, -0.2) is 9.97 Å². The number of nitrogens with zero attached hydrogens (tertiary/aromatic N) is 2. The smallest absolute Gasteiger partial charge is 0.224 e. The Labute approximate surface area is 119 Å². The molecule has 1 heterocycles. The van der Waals surface area contributed by atoms with Crippen LogP contribution in [0.2, 0.25) is 5.15 Å². The van der Waals surface area contributed by atoms with E-state index in [0.29, 0.717) is 22.6 Å². The number of aromatic nitrogens is 2. The lowest BCUT2D eigenvalue weighted by Gasteiger charge is -2.07. The van der Waals surface area contributed by atoms with Crippen LogP contribution in [0, 0.1) is 0 Å². The third-order valence-electron chi connectivity index (χ3n) is 2.21. The fraction of sp³-hybridized carbons (Fsp3) is 0.231. The van der Waals surface area contributed by atoms with Crippen molar-refractivity contribution in [3.63, 3.8) is 0 Å². The molecule has 3 nitrogen and oxygen atoms in total. The summed E-state index contributed by atoms with van der Waals surface area (Å²) >= 11 is 9.33. The van der Waals surface area contributed by atoms with E-state index in [4.69, 9.17) is 16.3 Å². The number of rotatable bonds is 4. The zero-order valence-electron chi connectivity index (χ0n) is 9.86. The van der Waals surface area contributed by atoms with Crippen LogP contribution in [0.15, 0.2) is 34.8 Å². The zero-order chi connectivity index (χ0) is 13.0. The molecule has 0 radical (unpaired) electrons. The number of halogens is 2. The van der Waals surface area contributed by atoms with E-state index >= 15 is 0 Å². The van der Waals surface area contributed by atoms with Crippen molar-refractivity contribution in [3.05, 3.63) is 45.8 Å². The molecule has 0 amide bonds. The second kappa shape index (κ2) is 6.16. The summed E-state index contributed by atoms with van der Waals surface area (Å²) in [5, 5.41) is 0.401. The molecule has 2 aromatic rings. The first-order chi connectivity index (χ1) is 8.67. The van der Waals surface area contributed by atoms with E-state index in [-0.39, 0.29) is 0 Å². The molecule has 18 heavy (non-hydrogen) atoms. The van der Waals surface area contributed by atoms with Crippen molar-refractivity contribution in [1.82, 2.24) is 9.97 Å². The molecule has 0 saturated heterocycles. The maximum atomic E-state index is 5.94. The van der Waals surface area contributed by atoms with Gasteiger partial charge in [0.05, 0.1) is 0 Å². The quantitative estimate of drug-likeness (QED) is 0.767. The predicted molar refractivity (Wildman–Crippen MR) is 75.3 cm³/mol. The third-order valence-corrected chi connectivity index (χ3v) is 2.90. The van der Waals surface area contributed by atoms with E-state index < -0.39 is 0 Å². The predicted octanol–water partition coefficient (Wildman–Crippen LogP) is 4.64. The van der Waals surface area contributed by atoms with Gasteiger partial charge in [0.1, 0.15) is 16.7 Å². The SMILES string of the molecule is CCCc1nc(Cl)cc(Oc2cccc(Br)c2)n1. The Bertz CT molecular complexity index is 548. The van der Waals surface area contributed by atoms with Crippen LogP contribution < -0.4 is 4.74 Å². The van der Waals surface area contributed by atoms with E-state index in [2.05, 4.69) is 32.8 Å². The molecule has 0 aliphatic carbocycles. The highest BCUT2D eigenvalue weighted by molar-refractivity contribution is 9.10. The van der Waals surface area contributed by atoms with Gasteiger partial charge in [0.25, 0.3) is 0 Å². The number of hydrogen-bond donors (Lipinski definition) is 0. The average molecular weight is 328 g/mol. The summed E-state index contributed by atoms with van der Waals surface area (Å²) in [5.74, 6) is 1.88. The second-order valence-corrected chi connectivity index (χ2v) is 5.06. The molecular weight excluding hydrogens is 316 g/mol. The van der Waals surface area contributed by atoms with Gasteiger partial charge in [0.2, 0.25) is 5.88 Å². The van der Waals surface area contributed by atoms with Gasteiger partial charge in [0, 0.05) is 17.0 Å². The summed E-state index contributed by atoms with van der Waals surface area (Å²) in [7, 11) is 0. The normalized spacial score (nSPS) is 10.4. The van der Waals surface area contributed by atoms with E-state index in [1.165, 1.54) is 0 Å². The summed E-state index contributed by atoms with van der Waals surface area (Å²) in [6.07, 6.45) is 1.76. The molecule has 0 unspecified atom stereocenters. The molecule has 0 spiro atoms. The minimum Gasteiger partial charge on any atom is -0.439 e. The Kier molecular flexibility index (Phi) is 4.55. The molecule has 0 bridgehead atoms. The van der Waals surface area contributed by atoms with Crippen molar-refractivity contribution in [2.75, 3.05) is 0 Å². The molecule has 5 heteroatoms. The summed E-state index contributed by atoms with van der Waals surface area (Å²) in [6, 6.07) is 9.18. The lowest BCUT2D eigenvalue weighted by atomic mass is 10.3. The van der Waals surface area contributed by atoms with Crippen molar-refractivity contribution < 1.29 is 4.74 Å². The summed E-state index contributed by atoms with van der Waals surface area (Å²) in [4.78, 5) is 8.46. The van der Waals surface area contributed by atoms with Crippen LogP contribution in [0.4, 0.5) is 0 Å². The molecule has 0 aliphatic rings. The molecule has 1 aromatic carbocycles. The highest BCUT2D eigenvalue weighted by Crippen LogP contribution is 2.24. The fourth-order valence-corrected chi connectivity index (χ4v) is 2.05.